The summed E-state index contributed by atoms with van der Waals surface area (Å²) in [6.07, 6.45) is 1.81. The van der Waals surface area contributed by atoms with Gasteiger partial charge in [-0.1, -0.05) is 24.3 Å². The number of fused-ring (bicyclic) bond motifs is 6. The van der Waals surface area contributed by atoms with Gasteiger partial charge in [0.15, 0.2) is 11.5 Å². The van der Waals surface area contributed by atoms with Crippen LogP contribution in [0.1, 0.15) is 13.8 Å². The third-order valence-electron chi connectivity index (χ3n) is 3.38. The van der Waals surface area contributed by atoms with E-state index in [2.05, 4.69) is 11.1 Å². The molecule has 2 heterocycles. The fraction of sp³-hybridized carbons (Fsp3) is 0.188. The standard InChI is InChI=1S/C16H13NO2/c1-16(2)18-14-11-7-4-3-6-10(11)13-12(15(14)19-16)8-5-9-17-13/h3-9H,1-2H3. The smallest absolute Gasteiger partial charge is 0.246 e. The van der Waals surface area contributed by atoms with Gasteiger partial charge < -0.3 is 9.47 Å². The maximum absolute atomic E-state index is 5.97. The van der Waals surface area contributed by atoms with Gasteiger partial charge in [0.25, 0.3) is 0 Å². The van der Waals surface area contributed by atoms with Crippen LogP contribution in [-0.4, -0.2) is 10.8 Å². The van der Waals surface area contributed by atoms with Gasteiger partial charge in [-0.2, -0.15) is 0 Å². The summed E-state index contributed by atoms with van der Waals surface area (Å²) in [7, 11) is 0. The Morgan fingerprint density at radius 3 is 2.26 bits per heavy atom. The van der Waals surface area contributed by atoms with Crippen molar-refractivity contribution in [2.45, 2.75) is 19.6 Å². The first kappa shape index (κ1) is 10.6. The quantitative estimate of drug-likeness (QED) is 0.568. The van der Waals surface area contributed by atoms with Crippen molar-refractivity contribution in [2.24, 2.45) is 0 Å². The van der Waals surface area contributed by atoms with E-state index in [0.717, 1.165) is 33.2 Å². The molecule has 0 unspecified atom stereocenters. The zero-order valence-corrected chi connectivity index (χ0v) is 10.8. The van der Waals surface area contributed by atoms with E-state index in [0.29, 0.717) is 0 Å². The largest absolute Gasteiger partial charge is 0.448 e. The van der Waals surface area contributed by atoms with E-state index >= 15 is 0 Å². The van der Waals surface area contributed by atoms with Gasteiger partial charge >= 0.3 is 0 Å². The number of rotatable bonds is 0. The van der Waals surface area contributed by atoms with Crippen LogP contribution in [0.2, 0.25) is 0 Å². The third-order valence-corrected chi connectivity index (χ3v) is 3.38. The van der Waals surface area contributed by atoms with Crippen LogP contribution in [0.5, 0.6) is 11.5 Å². The molecule has 0 saturated heterocycles. The zero-order valence-electron chi connectivity index (χ0n) is 10.8. The van der Waals surface area contributed by atoms with Crippen molar-refractivity contribution in [2.75, 3.05) is 0 Å². The molecule has 1 aliphatic heterocycles. The number of benzene rings is 2. The molecule has 19 heavy (non-hydrogen) atoms. The average molecular weight is 251 g/mol. The second kappa shape index (κ2) is 3.38. The SMILES string of the molecule is CC1(C)Oc2c(c3cccnc3c3ccccc23)O1. The number of hydrogen-bond acceptors (Lipinski definition) is 3. The molecule has 2 aromatic carbocycles. The molecule has 0 spiro atoms. The molecule has 0 aliphatic carbocycles. The van der Waals surface area contributed by atoms with Gasteiger partial charge in [-0.05, 0) is 12.1 Å². The molecule has 0 amide bonds. The minimum atomic E-state index is -0.630. The lowest BCUT2D eigenvalue weighted by Gasteiger charge is -2.16. The van der Waals surface area contributed by atoms with Crippen LogP contribution in [0.25, 0.3) is 21.7 Å². The van der Waals surface area contributed by atoms with Crippen LogP contribution in [0, 0.1) is 0 Å². The van der Waals surface area contributed by atoms with Crippen molar-refractivity contribution in [1.82, 2.24) is 4.98 Å². The van der Waals surface area contributed by atoms with Gasteiger partial charge in [-0.15, -0.1) is 0 Å². The molecule has 94 valence electrons. The lowest BCUT2D eigenvalue weighted by molar-refractivity contribution is -0.0420. The first-order chi connectivity index (χ1) is 9.16. The molecule has 1 aliphatic rings. The third kappa shape index (κ3) is 1.41. The van der Waals surface area contributed by atoms with Crippen LogP contribution in [0.3, 0.4) is 0 Å². The Morgan fingerprint density at radius 1 is 0.842 bits per heavy atom. The minimum Gasteiger partial charge on any atom is -0.448 e. The number of aromatic nitrogens is 1. The molecule has 3 heteroatoms. The van der Waals surface area contributed by atoms with Crippen LogP contribution in [0.15, 0.2) is 42.6 Å². The second-order valence-electron chi connectivity index (χ2n) is 5.21. The summed E-state index contributed by atoms with van der Waals surface area (Å²) in [6.45, 7) is 3.84. The van der Waals surface area contributed by atoms with Crippen molar-refractivity contribution < 1.29 is 9.47 Å². The van der Waals surface area contributed by atoms with Crippen molar-refractivity contribution in [3.8, 4) is 11.5 Å². The summed E-state index contributed by atoms with van der Waals surface area (Å²) in [5, 5.41) is 3.15. The average Bonchev–Trinajstić information content (AvgIpc) is 2.75. The Labute approximate surface area is 110 Å². The molecule has 4 rings (SSSR count). The molecule has 3 nitrogen and oxygen atoms in total. The maximum Gasteiger partial charge on any atom is 0.246 e. The molecule has 0 atom stereocenters. The summed E-state index contributed by atoms with van der Waals surface area (Å²) < 4.78 is 11.9. The number of hydrogen-bond donors (Lipinski definition) is 0. The van der Waals surface area contributed by atoms with Gasteiger partial charge in [0, 0.05) is 36.2 Å². The fourth-order valence-electron chi connectivity index (χ4n) is 2.65. The summed E-state index contributed by atoms with van der Waals surface area (Å²) >= 11 is 0. The molecule has 3 aromatic rings. The highest BCUT2D eigenvalue weighted by Gasteiger charge is 2.35. The van der Waals surface area contributed by atoms with E-state index in [1.807, 2.05) is 50.4 Å². The van der Waals surface area contributed by atoms with Gasteiger partial charge in [-0.25, -0.2) is 0 Å². The summed E-state index contributed by atoms with van der Waals surface area (Å²) in [6, 6.07) is 12.1. The van der Waals surface area contributed by atoms with Gasteiger partial charge in [0.1, 0.15) is 0 Å². The first-order valence-corrected chi connectivity index (χ1v) is 6.33. The Bertz CT molecular complexity index is 742. The predicted molar refractivity (Wildman–Crippen MR) is 74.6 cm³/mol. The van der Waals surface area contributed by atoms with Gasteiger partial charge in [0.05, 0.1) is 5.52 Å². The minimum absolute atomic E-state index is 0.630. The van der Waals surface area contributed by atoms with Gasteiger partial charge in [0.2, 0.25) is 5.79 Å². The Balaban J connectivity index is 2.24. The van der Waals surface area contributed by atoms with E-state index in [-0.39, 0.29) is 0 Å². The lowest BCUT2D eigenvalue weighted by atomic mass is 10.0. The molecule has 0 N–H and O–H groups in total. The summed E-state index contributed by atoms with van der Waals surface area (Å²) in [4.78, 5) is 4.50. The van der Waals surface area contributed by atoms with E-state index in [9.17, 15) is 0 Å². The van der Waals surface area contributed by atoms with Crippen molar-refractivity contribution in [3.05, 3.63) is 42.6 Å². The summed E-state index contributed by atoms with van der Waals surface area (Å²) in [5.74, 6) is 0.989. The second-order valence-corrected chi connectivity index (χ2v) is 5.21. The van der Waals surface area contributed by atoms with Crippen LogP contribution in [0.4, 0.5) is 0 Å². The topological polar surface area (TPSA) is 31.4 Å². The maximum atomic E-state index is 5.97. The van der Waals surface area contributed by atoms with E-state index < -0.39 is 5.79 Å². The lowest BCUT2D eigenvalue weighted by Crippen LogP contribution is -2.29. The van der Waals surface area contributed by atoms with Crippen LogP contribution in [-0.2, 0) is 0 Å². The highest BCUT2D eigenvalue weighted by molar-refractivity contribution is 6.12. The van der Waals surface area contributed by atoms with E-state index in [4.69, 9.17) is 9.47 Å². The Morgan fingerprint density at radius 2 is 1.47 bits per heavy atom. The van der Waals surface area contributed by atoms with Crippen molar-refractivity contribution in [1.29, 1.82) is 0 Å². The van der Waals surface area contributed by atoms with Crippen LogP contribution < -0.4 is 9.47 Å². The van der Waals surface area contributed by atoms with Crippen molar-refractivity contribution in [3.63, 3.8) is 0 Å². The molecule has 0 bridgehead atoms. The normalized spacial score (nSPS) is 16.1. The molecular weight excluding hydrogens is 238 g/mol. The molecule has 1 aromatic heterocycles. The van der Waals surface area contributed by atoms with Crippen LogP contribution >= 0.6 is 0 Å². The Kier molecular flexibility index (Phi) is 1.89. The summed E-state index contributed by atoms with van der Waals surface area (Å²) in [5.41, 5.74) is 0.957. The molecular formula is C16H13NO2. The van der Waals surface area contributed by atoms with E-state index in [1.165, 1.54) is 0 Å². The zero-order chi connectivity index (χ0) is 13.0. The fourth-order valence-corrected chi connectivity index (χ4v) is 2.65. The molecule has 0 saturated carbocycles. The highest BCUT2D eigenvalue weighted by Crippen LogP contribution is 2.49. The monoisotopic (exact) mass is 251 g/mol. The highest BCUT2D eigenvalue weighted by atomic mass is 16.7. The number of nitrogens with zero attached hydrogens (tertiary/aromatic N) is 1. The number of pyridine rings is 1. The number of ether oxygens (including phenoxy) is 2. The van der Waals surface area contributed by atoms with E-state index in [1.54, 1.807) is 0 Å². The molecule has 0 radical (unpaired) electrons. The predicted octanol–water partition coefficient (Wildman–Crippen LogP) is 3.90. The molecule has 0 fully saturated rings. The first-order valence-electron chi connectivity index (χ1n) is 6.33. The van der Waals surface area contributed by atoms with Crippen molar-refractivity contribution >= 4 is 21.7 Å². The Hall–Kier alpha value is -2.29. The van der Waals surface area contributed by atoms with Gasteiger partial charge in [-0.3, -0.25) is 4.98 Å².